The summed E-state index contributed by atoms with van der Waals surface area (Å²) in [5, 5.41) is 4.42. The van der Waals surface area contributed by atoms with Crippen LogP contribution in [0.4, 0.5) is 0 Å². The number of nitrogens with one attached hydrogen (secondary N) is 1. The molecule has 0 saturated carbocycles. The number of ether oxygens (including phenoxy) is 1. The molecule has 2 rings (SSSR count). The van der Waals surface area contributed by atoms with Crippen LogP contribution in [0.1, 0.15) is 28.1 Å². The van der Waals surface area contributed by atoms with Gasteiger partial charge < -0.3 is 4.74 Å². The van der Waals surface area contributed by atoms with E-state index in [0.717, 1.165) is 28.1 Å². The zero-order valence-electron chi connectivity index (χ0n) is 15.1. The van der Waals surface area contributed by atoms with Crippen LogP contribution in [0.15, 0.2) is 17.0 Å². The molecule has 0 bridgehead atoms. The summed E-state index contributed by atoms with van der Waals surface area (Å²) in [7, 11) is -2.17. The summed E-state index contributed by atoms with van der Waals surface area (Å²) in [6, 6.07) is 3.39. The second-order valence-electron chi connectivity index (χ2n) is 6.00. The minimum atomic E-state index is -3.64. The summed E-state index contributed by atoms with van der Waals surface area (Å²) in [6.45, 7) is 10.5. The van der Waals surface area contributed by atoms with Gasteiger partial charge in [0.15, 0.2) is 0 Å². The first kappa shape index (κ1) is 18.5. The van der Waals surface area contributed by atoms with E-state index < -0.39 is 10.0 Å². The Morgan fingerprint density at radius 1 is 1.12 bits per heavy atom. The van der Waals surface area contributed by atoms with Gasteiger partial charge in [0.25, 0.3) is 0 Å². The summed E-state index contributed by atoms with van der Waals surface area (Å²) in [6.07, 6.45) is 0. The summed E-state index contributed by atoms with van der Waals surface area (Å²) >= 11 is 0. The molecule has 1 aromatic carbocycles. The molecule has 0 fully saturated rings. The number of benzene rings is 1. The van der Waals surface area contributed by atoms with E-state index in [1.807, 2.05) is 39.3 Å². The van der Waals surface area contributed by atoms with Gasteiger partial charge in [-0.1, -0.05) is 0 Å². The molecule has 24 heavy (non-hydrogen) atoms. The third kappa shape index (κ3) is 3.62. The van der Waals surface area contributed by atoms with E-state index in [-0.39, 0.29) is 11.4 Å². The smallest absolute Gasteiger partial charge is 0.244 e. The van der Waals surface area contributed by atoms with Crippen molar-refractivity contribution in [3.8, 4) is 5.75 Å². The number of rotatable bonds is 6. The molecule has 132 valence electrons. The van der Waals surface area contributed by atoms with E-state index in [1.54, 1.807) is 12.1 Å². The molecule has 0 aliphatic carbocycles. The Morgan fingerprint density at radius 3 is 2.29 bits per heavy atom. The quantitative estimate of drug-likeness (QED) is 0.867. The van der Waals surface area contributed by atoms with Crippen LogP contribution in [-0.2, 0) is 16.6 Å². The molecule has 0 radical (unpaired) electrons. The van der Waals surface area contributed by atoms with Gasteiger partial charge >= 0.3 is 0 Å². The lowest BCUT2D eigenvalue weighted by atomic mass is 10.1. The molecule has 7 heteroatoms. The van der Waals surface area contributed by atoms with Crippen molar-refractivity contribution < 1.29 is 13.2 Å². The van der Waals surface area contributed by atoms with Crippen molar-refractivity contribution in [1.82, 2.24) is 14.5 Å². The van der Waals surface area contributed by atoms with Crippen LogP contribution in [0.5, 0.6) is 5.75 Å². The molecule has 1 aromatic heterocycles. The first-order chi connectivity index (χ1) is 11.2. The van der Waals surface area contributed by atoms with Gasteiger partial charge in [-0.2, -0.15) is 5.10 Å². The maximum absolute atomic E-state index is 12.6. The van der Waals surface area contributed by atoms with Crippen molar-refractivity contribution in [3.63, 3.8) is 0 Å². The minimum Gasteiger partial charge on any atom is -0.495 e. The average molecular weight is 351 g/mol. The standard InChI is InChI=1S/C17H25N3O3S/c1-11-9-16(23-6)17(10-12(11)2)24(21,22)18-7-8-20-15(5)13(3)14(4)19-20/h9-10,18H,7-8H2,1-6H3. The van der Waals surface area contributed by atoms with Crippen LogP contribution in [-0.4, -0.2) is 31.9 Å². The monoisotopic (exact) mass is 351 g/mol. The van der Waals surface area contributed by atoms with Crippen molar-refractivity contribution in [3.05, 3.63) is 40.2 Å². The average Bonchev–Trinajstić information content (AvgIpc) is 2.76. The van der Waals surface area contributed by atoms with Gasteiger partial charge in [-0.05, 0) is 63.4 Å². The van der Waals surface area contributed by atoms with E-state index >= 15 is 0 Å². The van der Waals surface area contributed by atoms with Gasteiger partial charge in [0.1, 0.15) is 10.6 Å². The molecule has 0 spiro atoms. The minimum absolute atomic E-state index is 0.164. The summed E-state index contributed by atoms with van der Waals surface area (Å²) < 4.78 is 34.9. The van der Waals surface area contributed by atoms with Crippen LogP contribution in [0.25, 0.3) is 0 Å². The van der Waals surface area contributed by atoms with Gasteiger partial charge in [-0.15, -0.1) is 0 Å². The number of sulfonamides is 1. The largest absolute Gasteiger partial charge is 0.495 e. The fourth-order valence-electron chi connectivity index (χ4n) is 2.50. The second kappa shape index (κ2) is 6.94. The Hall–Kier alpha value is -1.86. The van der Waals surface area contributed by atoms with Gasteiger partial charge in [0.05, 0.1) is 19.3 Å². The zero-order valence-corrected chi connectivity index (χ0v) is 15.9. The highest BCUT2D eigenvalue weighted by molar-refractivity contribution is 7.89. The fraction of sp³-hybridized carbons (Fsp3) is 0.471. The molecule has 0 amide bonds. The Kier molecular flexibility index (Phi) is 5.35. The van der Waals surface area contributed by atoms with E-state index in [2.05, 4.69) is 9.82 Å². The summed E-state index contributed by atoms with van der Waals surface area (Å²) in [5.74, 6) is 0.354. The van der Waals surface area contributed by atoms with Gasteiger partial charge in [0, 0.05) is 12.2 Å². The van der Waals surface area contributed by atoms with Crippen LogP contribution >= 0.6 is 0 Å². The predicted molar refractivity (Wildman–Crippen MR) is 94.1 cm³/mol. The third-order valence-electron chi connectivity index (χ3n) is 4.43. The molecule has 0 unspecified atom stereocenters. The molecule has 1 heterocycles. The Morgan fingerprint density at radius 2 is 1.75 bits per heavy atom. The lowest BCUT2D eigenvalue weighted by molar-refractivity contribution is 0.401. The fourth-order valence-corrected chi connectivity index (χ4v) is 3.76. The summed E-state index contributed by atoms with van der Waals surface area (Å²) in [5.41, 5.74) is 5.05. The van der Waals surface area contributed by atoms with Gasteiger partial charge in [0.2, 0.25) is 10.0 Å². The molecule has 2 aromatic rings. The summed E-state index contributed by atoms with van der Waals surface area (Å²) in [4.78, 5) is 0.164. The molecule has 1 N–H and O–H groups in total. The van der Waals surface area contributed by atoms with Crippen LogP contribution in [0.2, 0.25) is 0 Å². The highest BCUT2D eigenvalue weighted by Gasteiger charge is 2.20. The van der Waals surface area contributed by atoms with Crippen molar-refractivity contribution in [1.29, 1.82) is 0 Å². The molecule has 0 saturated heterocycles. The molecule has 0 aliphatic rings. The van der Waals surface area contributed by atoms with Crippen molar-refractivity contribution in [2.75, 3.05) is 13.7 Å². The normalized spacial score (nSPS) is 11.8. The number of hydrogen-bond donors (Lipinski definition) is 1. The first-order valence-electron chi connectivity index (χ1n) is 7.83. The zero-order chi connectivity index (χ0) is 18.1. The topological polar surface area (TPSA) is 73.2 Å². The lowest BCUT2D eigenvalue weighted by Gasteiger charge is -2.13. The number of aryl methyl sites for hydroxylation is 3. The van der Waals surface area contributed by atoms with Crippen LogP contribution in [0.3, 0.4) is 0 Å². The molecule has 0 aliphatic heterocycles. The van der Waals surface area contributed by atoms with Crippen molar-refractivity contribution in [2.45, 2.75) is 46.1 Å². The van der Waals surface area contributed by atoms with E-state index in [0.29, 0.717) is 12.3 Å². The third-order valence-corrected chi connectivity index (χ3v) is 5.91. The number of methoxy groups -OCH3 is 1. The maximum atomic E-state index is 12.6. The highest BCUT2D eigenvalue weighted by atomic mass is 32.2. The van der Waals surface area contributed by atoms with E-state index in [1.165, 1.54) is 7.11 Å². The van der Waals surface area contributed by atoms with Crippen LogP contribution < -0.4 is 9.46 Å². The van der Waals surface area contributed by atoms with Crippen LogP contribution in [0, 0.1) is 34.6 Å². The van der Waals surface area contributed by atoms with E-state index in [9.17, 15) is 8.42 Å². The molecule has 6 nitrogen and oxygen atoms in total. The second-order valence-corrected chi connectivity index (χ2v) is 7.74. The Bertz CT molecular complexity index is 854. The van der Waals surface area contributed by atoms with Gasteiger partial charge in [-0.25, -0.2) is 13.1 Å². The van der Waals surface area contributed by atoms with Crippen molar-refractivity contribution >= 4 is 10.0 Å². The van der Waals surface area contributed by atoms with Gasteiger partial charge in [-0.3, -0.25) is 4.68 Å². The first-order valence-corrected chi connectivity index (χ1v) is 9.31. The lowest BCUT2D eigenvalue weighted by Crippen LogP contribution is -2.28. The highest BCUT2D eigenvalue weighted by Crippen LogP contribution is 2.27. The maximum Gasteiger partial charge on any atom is 0.244 e. The Balaban J connectivity index is 2.17. The molecular weight excluding hydrogens is 326 g/mol. The number of aromatic nitrogens is 2. The number of hydrogen-bond acceptors (Lipinski definition) is 4. The van der Waals surface area contributed by atoms with E-state index in [4.69, 9.17) is 4.74 Å². The number of nitrogens with zero attached hydrogens (tertiary/aromatic N) is 2. The SMILES string of the molecule is COc1cc(C)c(C)cc1S(=O)(=O)NCCn1nc(C)c(C)c1C. The van der Waals surface area contributed by atoms with Crippen molar-refractivity contribution in [2.24, 2.45) is 0 Å². The predicted octanol–water partition coefficient (Wildman–Crippen LogP) is 2.41. The Labute approximate surface area is 143 Å². The molecular formula is C17H25N3O3S. The molecule has 0 atom stereocenters.